The van der Waals surface area contributed by atoms with Gasteiger partial charge in [0, 0.05) is 12.1 Å². The Bertz CT molecular complexity index is 491. The molecule has 18 heavy (non-hydrogen) atoms. The molecule has 0 spiro atoms. The van der Waals surface area contributed by atoms with Crippen LogP contribution in [-0.2, 0) is 6.54 Å². The van der Waals surface area contributed by atoms with Crippen LogP contribution in [0.25, 0.3) is 11.4 Å². The molecule has 0 aliphatic heterocycles. The molecular formula is C14H19N3S. The predicted molar refractivity (Wildman–Crippen MR) is 76.7 cm³/mol. The number of thioether (sulfide) groups is 1. The van der Waals surface area contributed by atoms with E-state index in [1.807, 2.05) is 22.9 Å². The summed E-state index contributed by atoms with van der Waals surface area (Å²) in [6, 6.07) is 10.3. The van der Waals surface area contributed by atoms with Crippen molar-refractivity contribution in [3.8, 4) is 11.4 Å². The maximum atomic E-state index is 4.64. The second-order valence-electron chi connectivity index (χ2n) is 4.59. The standard InChI is InChI=1S/C14H19N3S/c1-4-18-14-15-13(12-8-6-5-7-9-12)17(16-14)10-11(2)3/h5-9,11H,4,10H2,1-3H3. The van der Waals surface area contributed by atoms with Crippen LogP contribution in [0.3, 0.4) is 0 Å². The number of rotatable bonds is 5. The zero-order valence-corrected chi connectivity index (χ0v) is 11.9. The van der Waals surface area contributed by atoms with Crippen molar-refractivity contribution < 1.29 is 0 Å². The molecule has 2 aromatic rings. The van der Waals surface area contributed by atoms with Gasteiger partial charge >= 0.3 is 0 Å². The fraction of sp³-hybridized carbons (Fsp3) is 0.429. The lowest BCUT2D eigenvalue weighted by molar-refractivity contribution is 0.480. The Labute approximate surface area is 113 Å². The van der Waals surface area contributed by atoms with Crippen molar-refractivity contribution in [2.24, 2.45) is 5.92 Å². The van der Waals surface area contributed by atoms with E-state index in [0.29, 0.717) is 5.92 Å². The van der Waals surface area contributed by atoms with E-state index >= 15 is 0 Å². The first-order chi connectivity index (χ1) is 8.70. The third-order valence-corrected chi connectivity index (χ3v) is 3.22. The van der Waals surface area contributed by atoms with Crippen LogP contribution in [0.15, 0.2) is 35.5 Å². The third kappa shape index (κ3) is 3.13. The Morgan fingerprint density at radius 1 is 1.22 bits per heavy atom. The lowest BCUT2D eigenvalue weighted by Gasteiger charge is -2.07. The highest BCUT2D eigenvalue weighted by molar-refractivity contribution is 7.99. The monoisotopic (exact) mass is 261 g/mol. The van der Waals surface area contributed by atoms with Crippen molar-refractivity contribution in [3.05, 3.63) is 30.3 Å². The minimum absolute atomic E-state index is 0.564. The van der Waals surface area contributed by atoms with Gasteiger partial charge in [0.05, 0.1) is 0 Å². The molecule has 2 rings (SSSR count). The number of aromatic nitrogens is 3. The van der Waals surface area contributed by atoms with E-state index in [-0.39, 0.29) is 0 Å². The van der Waals surface area contributed by atoms with E-state index in [4.69, 9.17) is 0 Å². The highest BCUT2D eigenvalue weighted by Crippen LogP contribution is 2.22. The van der Waals surface area contributed by atoms with Crippen LogP contribution >= 0.6 is 11.8 Å². The van der Waals surface area contributed by atoms with Crippen LogP contribution in [0.5, 0.6) is 0 Å². The Balaban J connectivity index is 2.37. The van der Waals surface area contributed by atoms with E-state index in [0.717, 1.165) is 28.8 Å². The summed E-state index contributed by atoms with van der Waals surface area (Å²) in [5.74, 6) is 2.54. The van der Waals surface area contributed by atoms with Gasteiger partial charge in [0.2, 0.25) is 5.16 Å². The summed E-state index contributed by atoms with van der Waals surface area (Å²) in [7, 11) is 0. The fourth-order valence-electron chi connectivity index (χ4n) is 1.79. The molecule has 0 fully saturated rings. The Hall–Kier alpha value is -1.29. The Morgan fingerprint density at radius 3 is 2.56 bits per heavy atom. The highest BCUT2D eigenvalue weighted by Gasteiger charge is 2.12. The van der Waals surface area contributed by atoms with Crippen molar-refractivity contribution in [1.82, 2.24) is 14.8 Å². The van der Waals surface area contributed by atoms with Gasteiger partial charge in [-0.1, -0.05) is 62.9 Å². The quantitative estimate of drug-likeness (QED) is 0.769. The van der Waals surface area contributed by atoms with E-state index in [9.17, 15) is 0 Å². The lowest BCUT2D eigenvalue weighted by atomic mass is 10.2. The zero-order valence-electron chi connectivity index (χ0n) is 11.1. The molecule has 0 N–H and O–H groups in total. The molecule has 0 aliphatic carbocycles. The van der Waals surface area contributed by atoms with Gasteiger partial charge in [-0.25, -0.2) is 9.67 Å². The molecular weight excluding hydrogens is 242 g/mol. The third-order valence-electron chi connectivity index (χ3n) is 2.50. The first kappa shape index (κ1) is 13.1. The average molecular weight is 261 g/mol. The largest absolute Gasteiger partial charge is 0.244 e. The van der Waals surface area contributed by atoms with Crippen LogP contribution in [-0.4, -0.2) is 20.5 Å². The van der Waals surface area contributed by atoms with E-state index in [1.54, 1.807) is 11.8 Å². The molecule has 1 aromatic heterocycles. The molecule has 1 heterocycles. The first-order valence-electron chi connectivity index (χ1n) is 6.33. The molecule has 0 unspecified atom stereocenters. The smallest absolute Gasteiger partial charge is 0.208 e. The van der Waals surface area contributed by atoms with Gasteiger partial charge in [0.15, 0.2) is 5.82 Å². The van der Waals surface area contributed by atoms with Crippen LogP contribution in [0.2, 0.25) is 0 Å². The van der Waals surface area contributed by atoms with Crippen molar-refractivity contribution in [2.45, 2.75) is 32.5 Å². The molecule has 0 radical (unpaired) electrons. The maximum absolute atomic E-state index is 4.64. The molecule has 0 saturated carbocycles. The molecule has 0 bridgehead atoms. The zero-order chi connectivity index (χ0) is 13.0. The van der Waals surface area contributed by atoms with Crippen LogP contribution in [0, 0.1) is 5.92 Å². The highest BCUT2D eigenvalue weighted by atomic mass is 32.2. The SMILES string of the molecule is CCSc1nc(-c2ccccc2)n(CC(C)C)n1. The number of hydrogen-bond donors (Lipinski definition) is 0. The number of benzene rings is 1. The van der Waals surface area contributed by atoms with Crippen LogP contribution in [0.1, 0.15) is 20.8 Å². The van der Waals surface area contributed by atoms with Gasteiger partial charge in [-0.05, 0) is 11.7 Å². The summed E-state index contributed by atoms with van der Waals surface area (Å²) in [4.78, 5) is 4.64. The molecule has 1 aromatic carbocycles. The van der Waals surface area contributed by atoms with Gasteiger partial charge in [0.1, 0.15) is 0 Å². The molecule has 0 aliphatic rings. The van der Waals surface area contributed by atoms with Crippen molar-refractivity contribution in [1.29, 1.82) is 0 Å². The molecule has 3 nitrogen and oxygen atoms in total. The van der Waals surface area contributed by atoms with Gasteiger partial charge in [0.25, 0.3) is 0 Å². The van der Waals surface area contributed by atoms with Crippen molar-refractivity contribution in [2.75, 3.05) is 5.75 Å². The van der Waals surface area contributed by atoms with E-state index in [2.05, 4.69) is 43.0 Å². The second-order valence-corrected chi connectivity index (χ2v) is 5.82. The Morgan fingerprint density at radius 2 is 1.94 bits per heavy atom. The number of hydrogen-bond acceptors (Lipinski definition) is 3. The summed E-state index contributed by atoms with van der Waals surface area (Å²) in [5, 5.41) is 5.46. The molecule has 96 valence electrons. The normalized spacial score (nSPS) is 11.1. The summed E-state index contributed by atoms with van der Waals surface area (Å²) in [5.41, 5.74) is 1.13. The summed E-state index contributed by atoms with van der Waals surface area (Å²) in [6.45, 7) is 7.42. The van der Waals surface area contributed by atoms with Crippen molar-refractivity contribution >= 4 is 11.8 Å². The minimum atomic E-state index is 0.564. The van der Waals surface area contributed by atoms with Gasteiger partial charge < -0.3 is 0 Å². The van der Waals surface area contributed by atoms with Gasteiger partial charge in [-0.3, -0.25) is 0 Å². The summed E-state index contributed by atoms with van der Waals surface area (Å²) < 4.78 is 2.03. The first-order valence-corrected chi connectivity index (χ1v) is 7.32. The van der Waals surface area contributed by atoms with E-state index < -0.39 is 0 Å². The number of nitrogens with zero attached hydrogens (tertiary/aromatic N) is 3. The second kappa shape index (κ2) is 6.05. The Kier molecular flexibility index (Phi) is 4.42. The van der Waals surface area contributed by atoms with E-state index in [1.165, 1.54) is 0 Å². The van der Waals surface area contributed by atoms with Crippen LogP contribution < -0.4 is 0 Å². The van der Waals surface area contributed by atoms with Gasteiger partial charge in [-0.15, -0.1) is 5.10 Å². The molecule has 0 atom stereocenters. The van der Waals surface area contributed by atoms with Crippen LogP contribution in [0.4, 0.5) is 0 Å². The lowest BCUT2D eigenvalue weighted by Crippen LogP contribution is -2.07. The van der Waals surface area contributed by atoms with Gasteiger partial charge in [-0.2, -0.15) is 0 Å². The maximum Gasteiger partial charge on any atom is 0.208 e. The fourth-order valence-corrected chi connectivity index (χ4v) is 2.35. The summed E-state index contributed by atoms with van der Waals surface area (Å²) in [6.07, 6.45) is 0. The minimum Gasteiger partial charge on any atom is -0.244 e. The molecule has 0 saturated heterocycles. The topological polar surface area (TPSA) is 30.7 Å². The van der Waals surface area contributed by atoms with Crippen molar-refractivity contribution in [3.63, 3.8) is 0 Å². The summed E-state index contributed by atoms with van der Waals surface area (Å²) >= 11 is 1.69. The predicted octanol–water partition coefficient (Wildman–Crippen LogP) is 3.71. The average Bonchev–Trinajstić information content (AvgIpc) is 2.73. The molecule has 0 amide bonds. The molecule has 4 heteroatoms.